The van der Waals surface area contributed by atoms with Gasteiger partial charge in [0.05, 0.1) is 17.2 Å². The highest BCUT2D eigenvalue weighted by Gasteiger charge is 2.39. The van der Waals surface area contributed by atoms with Gasteiger partial charge in [-0.05, 0) is 25.7 Å². The van der Waals surface area contributed by atoms with E-state index in [9.17, 15) is 0 Å². The summed E-state index contributed by atoms with van der Waals surface area (Å²) in [6.07, 6.45) is 4.88. The molecule has 0 aromatic rings. The van der Waals surface area contributed by atoms with Gasteiger partial charge in [-0.15, -0.1) is 0 Å². The average Bonchev–Trinajstić information content (AvgIpc) is 3.09. The molecule has 0 aromatic carbocycles. The van der Waals surface area contributed by atoms with Gasteiger partial charge in [0, 0.05) is 24.2 Å². The van der Waals surface area contributed by atoms with Crippen LogP contribution in [0.3, 0.4) is 0 Å². The van der Waals surface area contributed by atoms with Crippen LogP contribution in [0.15, 0.2) is 0 Å². The molecule has 4 N–H and O–H groups in total. The van der Waals surface area contributed by atoms with Crippen molar-refractivity contribution in [3.05, 3.63) is 0 Å². The number of hydrogen-bond acceptors (Lipinski definition) is 5. The molecule has 116 valence electrons. The smallest absolute Gasteiger partial charge is 0.0934 e. The van der Waals surface area contributed by atoms with Crippen LogP contribution in [-0.4, -0.2) is 41.4 Å². The zero-order chi connectivity index (χ0) is 14.7. The maximum Gasteiger partial charge on any atom is 0.0934 e. The first-order valence-corrected chi connectivity index (χ1v) is 8.63. The molecule has 4 nitrogen and oxygen atoms in total. The van der Waals surface area contributed by atoms with Crippen LogP contribution in [0.4, 0.5) is 0 Å². The van der Waals surface area contributed by atoms with Crippen LogP contribution in [0.5, 0.6) is 0 Å². The highest BCUT2D eigenvalue weighted by molar-refractivity contribution is 7.80. The van der Waals surface area contributed by atoms with E-state index in [-0.39, 0.29) is 12.3 Å². The van der Waals surface area contributed by atoms with Crippen molar-refractivity contribution in [1.82, 2.24) is 21.3 Å². The van der Waals surface area contributed by atoms with Crippen LogP contribution >= 0.6 is 12.2 Å². The van der Waals surface area contributed by atoms with E-state index in [0.29, 0.717) is 24.2 Å². The SMILES string of the molecule is CCC1NC(C(=S)C2NC(CC)C(CC)N2)NC1CC. The predicted molar refractivity (Wildman–Crippen MR) is 89.0 cm³/mol. The Bertz CT molecular complexity index is 282. The quantitative estimate of drug-likeness (QED) is 0.560. The molecule has 4 atom stereocenters. The number of thiocarbonyl (C=S) groups is 1. The molecule has 2 aliphatic heterocycles. The molecule has 0 aliphatic carbocycles. The molecule has 2 heterocycles. The Morgan fingerprint density at radius 1 is 0.650 bits per heavy atom. The van der Waals surface area contributed by atoms with Crippen molar-refractivity contribution in [2.75, 3.05) is 0 Å². The van der Waals surface area contributed by atoms with Crippen molar-refractivity contribution in [3.8, 4) is 0 Å². The Balaban J connectivity index is 1.96. The molecule has 0 spiro atoms. The van der Waals surface area contributed by atoms with Gasteiger partial charge in [-0.1, -0.05) is 39.9 Å². The molecular weight excluding hydrogens is 268 g/mol. The lowest BCUT2D eigenvalue weighted by Crippen LogP contribution is -2.52. The van der Waals surface area contributed by atoms with E-state index in [4.69, 9.17) is 12.2 Å². The lowest BCUT2D eigenvalue weighted by atomic mass is 10.1. The summed E-state index contributed by atoms with van der Waals surface area (Å²) in [5.41, 5.74) is 0. The molecule has 4 unspecified atom stereocenters. The summed E-state index contributed by atoms with van der Waals surface area (Å²) < 4.78 is 0. The summed E-state index contributed by atoms with van der Waals surface area (Å²) >= 11 is 5.73. The van der Waals surface area contributed by atoms with Gasteiger partial charge in [0.2, 0.25) is 0 Å². The fourth-order valence-electron chi connectivity index (χ4n) is 3.52. The summed E-state index contributed by atoms with van der Waals surface area (Å²) in [5, 5.41) is 14.6. The largest absolute Gasteiger partial charge is 0.293 e. The number of nitrogens with one attached hydrogen (secondary N) is 4. The van der Waals surface area contributed by atoms with Crippen LogP contribution in [0.2, 0.25) is 0 Å². The lowest BCUT2D eigenvalue weighted by molar-refractivity contribution is 0.484. The Morgan fingerprint density at radius 3 is 1.10 bits per heavy atom. The highest BCUT2D eigenvalue weighted by atomic mass is 32.1. The first kappa shape index (κ1) is 16.3. The van der Waals surface area contributed by atoms with Gasteiger partial charge in [-0.3, -0.25) is 21.3 Å². The summed E-state index contributed by atoms with van der Waals surface area (Å²) in [6.45, 7) is 8.94. The third-order valence-electron chi connectivity index (χ3n) is 4.82. The van der Waals surface area contributed by atoms with E-state index in [1.54, 1.807) is 0 Å². The van der Waals surface area contributed by atoms with E-state index in [1.165, 1.54) is 0 Å². The van der Waals surface area contributed by atoms with Gasteiger partial charge < -0.3 is 0 Å². The van der Waals surface area contributed by atoms with E-state index in [2.05, 4.69) is 49.0 Å². The van der Waals surface area contributed by atoms with Crippen molar-refractivity contribution in [1.29, 1.82) is 0 Å². The average molecular weight is 299 g/mol. The third-order valence-corrected chi connectivity index (χ3v) is 5.29. The maximum atomic E-state index is 5.73. The number of hydrogen-bond donors (Lipinski definition) is 4. The van der Waals surface area contributed by atoms with Gasteiger partial charge in [0.1, 0.15) is 0 Å². The molecule has 2 aliphatic rings. The molecule has 0 aromatic heterocycles. The molecule has 20 heavy (non-hydrogen) atoms. The van der Waals surface area contributed by atoms with Crippen molar-refractivity contribution >= 4 is 17.1 Å². The summed E-state index contributed by atoms with van der Waals surface area (Å²) in [4.78, 5) is 1.04. The van der Waals surface area contributed by atoms with Crippen molar-refractivity contribution in [3.63, 3.8) is 0 Å². The minimum absolute atomic E-state index is 0.151. The van der Waals surface area contributed by atoms with Gasteiger partial charge in [0.15, 0.2) is 0 Å². The van der Waals surface area contributed by atoms with Crippen molar-refractivity contribution < 1.29 is 0 Å². The summed E-state index contributed by atoms with van der Waals surface area (Å²) in [7, 11) is 0. The summed E-state index contributed by atoms with van der Waals surface area (Å²) in [5.74, 6) is 0. The number of rotatable bonds is 6. The van der Waals surface area contributed by atoms with Crippen LogP contribution in [0.1, 0.15) is 53.4 Å². The van der Waals surface area contributed by atoms with E-state index >= 15 is 0 Å². The molecule has 2 saturated heterocycles. The predicted octanol–water partition coefficient (Wildman–Crippen LogP) is 1.51. The molecule has 0 radical (unpaired) electrons. The molecule has 2 fully saturated rings. The van der Waals surface area contributed by atoms with Crippen LogP contribution < -0.4 is 21.3 Å². The monoisotopic (exact) mass is 298 g/mol. The fraction of sp³-hybridized carbons (Fsp3) is 0.933. The third kappa shape index (κ3) is 3.22. The minimum Gasteiger partial charge on any atom is -0.293 e. The first-order chi connectivity index (χ1) is 9.64. The fourth-order valence-corrected chi connectivity index (χ4v) is 3.79. The Labute approximate surface area is 128 Å². The van der Waals surface area contributed by atoms with Gasteiger partial charge in [-0.2, -0.15) is 0 Å². The maximum absolute atomic E-state index is 5.73. The molecular formula is C15H30N4S. The second kappa shape index (κ2) is 7.27. The molecule has 5 heteroatoms. The Morgan fingerprint density at radius 2 is 0.900 bits per heavy atom. The standard InChI is InChI=1S/C15H30N4S/c1-5-9-10(6-2)17-14(16-9)13(20)15-18-11(7-3)12(8-4)19-15/h9-12,14-19H,5-8H2,1-4H3. The molecule has 0 bridgehead atoms. The zero-order valence-corrected chi connectivity index (χ0v) is 14.0. The molecule has 2 rings (SSSR count). The summed E-state index contributed by atoms with van der Waals surface area (Å²) in [6, 6.07) is 2.14. The van der Waals surface area contributed by atoms with E-state index in [1.807, 2.05) is 0 Å². The van der Waals surface area contributed by atoms with Gasteiger partial charge in [-0.25, -0.2) is 0 Å². The van der Waals surface area contributed by atoms with E-state index in [0.717, 1.165) is 30.5 Å². The van der Waals surface area contributed by atoms with Gasteiger partial charge in [0.25, 0.3) is 0 Å². The van der Waals surface area contributed by atoms with Crippen molar-refractivity contribution in [2.24, 2.45) is 0 Å². The second-order valence-corrected chi connectivity index (χ2v) is 6.47. The van der Waals surface area contributed by atoms with Crippen LogP contribution in [0.25, 0.3) is 0 Å². The normalized spacial score (nSPS) is 41.2. The van der Waals surface area contributed by atoms with Crippen molar-refractivity contribution in [2.45, 2.75) is 89.9 Å². The Kier molecular flexibility index (Phi) is 5.93. The van der Waals surface area contributed by atoms with Crippen LogP contribution in [-0.2, 0) is 0 Å². The van der Waals surface area contributed by atoms with Crippen LogP contribution in [0, 0.1) is 0 Å². The zero-order valence-electron chi connectivity index (χ0n) is 13.2. The molecule has 0 saturated carbocycles. The van der Waals surface area contributed by atoms with Gasteiger partial charge >= 0.3 is 0 Å². The lowest BCUT2D eigenvalue weighted by Gasteiger charge is -2.20. The first-order valence-electron chi connectivity index (χ1n) is 8.22. The topological polar surface area (TPSA) is 48.1 Å². The second-order valence-electron chi connectivity index (χ2n) is 5.99. The van der Waals surface area contributed by atoms with E-state index < -0.39 is 0 Å². The minimum atomic E-state index is 0.151. The Hall–Kier alpha value is -0.0700. The highest BCUT2D eigenvalue weighted by Crippen LogP contribution is 2.17. The molecule has 0 amide bonds.